The maximum absolute atomic E-state index is 14.0. The quantitative estimate of drug-likeness (QED) is 0.309. The summed E-state index contributed by atoms with van der Waals surface area (Å²) < 4.78 is 14.7. The van der Waals surface area contributed by atoms with Crippen molar-refractivity contribution in [3.63, 3.8) is 0 Å². The number of amides is 1. The van der Waals surface area contributed by atoms with Crippen LogP contribution in [-0.4, -0.2) is 35.1 Å². The van der Waals surface area contributed by atoms with Gasteiger partial charge in [-0.3, -0.25) is 9.69 Å². The second-order valence-electron chi connectivity index (χ2n) is 8.03. The summed E-state index contributed by atoms with van der Waals surface area (Å²) in [6.45, 7) is 0.161. The molecule has 0 N–H and O–H groups in total. The van der Waals surface area contributed by atoms with E-state index in [1.165, 1.54) is 18.9 Å². The zero-order valence-electron chi connectivity index (χ0n) is 19.3. The van der Waals surface area contributed by atoms with Crippen molar-refractivity contribution in [1.29, 1.82) is 0 Å². The van der Waals surface area contributed by atoms with E-state index in [1.807, 2.05) is 48.5 Å². The number of benzene rings is 3. The summed E-state index contributed by atoms with van der Waals surface area (Å²) in [5, 5.41) is 6.96. The molecule has 1 saturated heterocycles. The van der Waals surface area contributed by atoms with Crippen molar-refractivity contribution in [2.45, 2.75) is 4.33 Å². The van der Waals surface area contributed by atoms with E-state index < -0.39 is 10.3 Å². The van der Waals surface area contributed by atoms with Crippen molar-refractivity contribution < 1.29 is 23.8 Å². The fraction of sp³-hybridized carbons (Fsp3) is 0.115. The van der Waals surface area contributed by atoms with E-state index >= 15 is 0 Å². The number of para-hydroxylation sites is 1. The van der Waals surface area contributed by atoms with Crippen LogP contribution >= 0.6 is 35.1 Å². The highest BCUT2D eigenvalue weighted by Gasteiger charge is 2.60. The number of rotatable bonds is 4. The van der Waals surface area contributed by atoms with Gasteiger partial charge in [-0.25, -0.2) is 9.80 Å². The van der Waals surface area contributed by atoms with Crippen LogP contribution in [0.4, 0.5) is 11.4 Å². The van der Waals surface area contributed by atoms with E-state index in [4.69, 9.17) is 25.8 Å². The minimum Gasteiger partial charge on any atom is -0.464 e. The van der Waals surface area contributed by atoms with Crippen LogP contribution in [0.15, 0.2) is 82.8 Å². The van der Waals surface area contributed by atoms with Gasteiger partial charge in [-0.15, -0.1) is 0 Å². The molecule has 0 aromatic heterocycles. The number of halogens is 1. The molecule has 3 aromatic carbocycles. The highest BCUT2D eigenvalue weighted by Crippen LogP contribution is 2.59. The summed E-state index contributed by atoms with van der Waals surface area (Å²) in [5.74, 6) is 0.455. The standard InChI is InChI=1S/C26H18ClN3O5S2/c1-33-25(32)23-28-30(19-10-8-17(27)9-11-19)26(37-23)29(18-5-3-2-4-6-18)24(31)22(36-26)14-16-7-12-20-21(13-16)35-15-34-20/h2-14H,15H2,1H3/b22-14+/t26-/m0/s1. The van der Waals surface area contributed by atoms with E-state index in [0.717, 1.165) is 17.3 Å². The zero-order valence-corrected chi connectivity index (χ0v) is 21.7. The van der Waals surface area contributed by atoms with Gasteiger partial charge < -0.3 is 14.2 Å². The molecule has 37 heavy (non-hydrogen) atoms. The molecule has 6 rings (SSSR count). The monoisotopic (exact) mass is 551 g/mol. The van der Waals surface area contributed by atoms with Gasteiger partial charge >= 0.3 is 5.97 Å². The highest BCUT2D eigenvalue weighted by atomic mass is 35.5. The van der Waals surface area contributed by atoms with E-state index in [2.05, 4.69) is 5.10 Å². The number of carbonyl (C=O) groups excluding carboxylic acids is 2. The number of anilines is 2. The molecule has 0 bridgehead atoms. The lowest BCUT2D eigenvalue weighted by Crippen LogP contribution is -2.51. The number of thioether (sulfide) groups is 2. The first-order chi connectivity index (χ1) is 18.0. The van der Waals surface area contributed by atoms with Gasteiger partial charge in [0.25, 0.3) is 5.91 Å². The Kier molecular flexibility index (Phi) is 6.02. The molecule has 1 spiro atoms. The summed E-state index contributed by atoms with van der Waals surface area (Å²) in [6.07, 6.45) is 1.80. The maximum Gasteiger partial charge on any atom is 0.365 e. The number of carbonyl (C=O) groups is 2. The van der Waals surface area contributed by atoms with Crippen molar-refractivity contribution >= 4 is 69.5 Å². The predicted octanol–water partition coefficient (Wildman–Crippen LogP) is 5.54. The largest absolute Gasteiger partial charge is 0.464 e. The zero-order chi connectivity index (χ0) is 25.6. The van der Waals surface area contributed by atoms with E-state index in [1.54, 1.807) is 40.3 Å². The summed E-state index contributed by atoms with van der Waals surface area (Å²) in [4.78, 5) is 28.8. The number of ether oxygens (including phenoxy) is 3. The first kappa shape index (κ1) is 23.8. The molecule has 0 aliphatic carbocycles. The first-order valence-corrected chi connectivity index (χ1v) is 13.1. The van der Waals surface area contributed by atoms with Gasteiger partial charge in [0.1, 0.15) is 0 Å². The average Bonchev–Trinajstić information content (AvgIpc) is 3.61. The first-order valence-electron chi connectivity index (χ1n) is 11.1. The molecule has 0 unspecified atom stereocenters. The summed E-state index contributed by atoms with van der Waals surface area (Å²) in [5.41, 5.74) is 2.09. The van der Waals surface area contributed by atoms with Crippen LogP contribution in [0.1, 0.15) is 5.56 Å². The minimum absolute atomic E-state index is 0.128. The number of nitrogens with zero attached hydrogens (tertiary/aromatic N) is 3. The Morgan fingerprint density at radius 1 is 1.03 bits per heavy atom. The van der Waals surface area contributed by atoms with Gasteiger partial charge in [0.05, 0.1) is 17.7 Å². The van der Waals surface area contributed by atoms with Gasteiger partial charge in [0.2, 0.25) is 16.2 Å². The number of methoxy groups -OCH3 is 1. The van der Waals surface area contributed by atoms with Gasteiger partial charge in [-0.1, -0.05) is 47.6 Å². The Labute approximate surface area is 225 Å². The molecule has 11 heteroatoms. The number of hydrogen-bond donors (Lipinski definition) is 0. The van der Waals surface area contributed by atoms with Crippen molar-refractivity contribution in [1.82, 2.24) is 0 Å². The van der Waals surface area contributed by atoms with Gasteiger partial charge in [0, 0.05) is 10.7 Å². The third kappa shape index (κ3) is 4.11. The normalized spacial score (nSPS) is 21.2. The van der Waals surface area contributed by atoms with Crippen LogP contribution in [0.5, 0.6) is 11.5 Å². The smallest absolute Gasteiger partial charge is 0.365 e. The molecule has 3 aromatic rings. The minimum atomic E-state index is -1.17. The fourth-order valence-electron chi connectivity index (χ4n) is 4.10. The molecule has 3 heterocycles. The van der Waals surface area contributed by atoms with Crippen LogP contribution in [-0.2, 0) is 14.3 Å². The van der Waals surface area contributed by atoms with Crippen molar-refractivity contribution in [3.8, 4) is 11.5 Å². The summed E-state index contributed by atoms with van der Waals surface area (Å²) in [7, 11) is 1.30. The molecule has 1 fully saturated rings. The second-order valence-corrected chi connectivity index (χ2v) is 11.1. The molecular formula is C26H18ClN3O5S2. The Bertz CT molecular complexity index is 1460. The Balaban J connectivity index is 1.49. The van der Waals surface area contributed by atoms with Crippen LogP contribution in [0.2, 0.25) is 5.02 Å². The molecular weight excluding hydrogens is 534 g/mol. The highest BCUT2D eigenvalue weighted by molar-refractivity contribution is 8.29. The predicted molar refractivity (Wildman–Crippen MR) is 146 cm³/mol. The lowest BCUT2D eigenvalue weighted by Gasteiger charge is -2.38. The average molecular weight is 552 g/mol. The van der Waals surface area contributed by atoms with E-state index in [9.17, 15) is 9.59 Å². The molecule has 8 nitrogen and oxygen atoms in total. The number of hydrogen-bond acceptors (Lipinski definition) is 9. The molecule has 0 radical (unpaired) electrons. The molecule has 1 amide bonds. The fourth-order valence-corrected chi connectivity index (χ4v) is 7.12. The van der Waals surface area contributed by atoms with Crippen LogP contribution < -0.4 is 19.4 Å². The van der Waals surface area contributed by atoms with Gasteiger partial charge in [0.15, 0.2) is 11.5 Å². The Morgan fingerprint density at radius 3 is 2.54 bits per heavy atom. The van der Waals surface area contributed by atoms with E-state index in [-0.39, 0.29) is 17.7 Å². The van der Waals surface area contributed by atoms with Crippen molar-refractivity contribution in [2.75, 3.05) is 23.8 Å². The SMILES string of the molecule is COC(=O)C1=NN(c2ccc(Cl)cc2)[C@]2(S1)S/C(=C/c1ccc3c(c1)OCO3)C(=O)N2c1ccccc1. The molecule has 1 atom stereocenters. The van der Waals surface area contributed by atoms with Gasteiger partial charge in [-0.05, 0) is 71.9 Å². The number of hydrazone groups is 1. The lowest BCUT2D eigenvalue weighted by atomic mass is 10.2. The third-order valence-corrected chi connectivity index (χ3v) is 8.72. The topological polar surface area (TPSA) is 80.7 Å². The molecule has 0 saturated carbocycles. The summed E-state index contributed by atoms with van der Waals surface area (Å²) >= 11 is 8.59. The Morgan fingerprint density at radius 2 is 1.78 bits per heavy atom. The second kappa shape index (κ2) is 9.37. The van der Waals surface area contributed by atoms with Crippen LogP contribution in [0, 0.1) is 0 Å². The molecule has 3 aliphatic rings. The van der Waals surface area contributed by atoms with Gasteiger partial charge in [-0.2, -0.15) is 5.10 Å². The summed E-state index contributed by atoms with van der Waals surface area (Å²) in [6, 6.07) is 21.8. The van der Waals surface area contributed by atoms with Crippen LogP contribution in [0.3, 0.4) is 0 Å². The maximum atomic E-state index is 14.0. The molecule has 3 aliphatic heterocycles. The van der Waals surface area contributed by atoms with E-state index in [0.29, 0.717) is 32.8 Å². The third-order valence-electron chi connectivity index (χ3n) is 5.77. The lowest BCUT2D eigenvalue weighted by molar-refractivity contribution is -0.132. The number of fused-ring (bicyclic) bond motifs is 1. The van der Waals surface area contributed by atoms with Crippen LogP contribution in [0.25, 0.3) is 6.08 Å². The Hall–Kier alpha value is -3.60. The molecule has 186 valence electrons. The van der Waals surface area contributed by atoms with Crippen molar-refractivity contribution in [3.05, 3.63) is 88.3 Å². The number of esters is 1. The van der Waals surface area contributed by atoms with Crippen molar-refractivity contribution in [2.24, 2.45) is 5.10 Å².